The Balaban J connectivity index is 1.67. The molecule has 1 amide bonds. The van der Waals surface area contributed by atoms with Gasteiger partial charge in [0.1, 0.15) is 0 Å². The molecule has 7 nitrogen and oxygen atoms in total. The molecule has 2 aromatic rings. The minimum Gasteiger partial charge on any atom is -0.481 e. The van der Waals surface area contributed by atoms with Crippen molar-refractivity contribution >= 4 is 17.5 Å². The molecule has 0 bridgehead atoms. The first kappa shape index (κ1) is 16.1. The first-order valence-electron chi connectivity index (χ1n) is 8.83. The number of rotatable bonds is 2. The minimum atomic E-state index is -0.727. The average Bonchev–Trinajstić information content (AvgIpc) is 3.19. The maximum Gasteiger partial charge on any atom is 0.306 e. The van der Waals surface area contributed by atoms with E-state index in [4.69, 9.17) is 0 Å². The highest BCUT2D eigenvalue weighted by Crippen LogP contribution is 2.41. The third-order valence-electron chi connectivity index (χ3n) is 5.78. The van der Waals surface area contributed by atoms with Gasteiger partial charge in [0.25, 0.3) is 5.91 Å². The normalized spacial score (nSPS) is 26.0. The fraction of sp³-hybridized carbons (Fsp3) is 0.556. The van der Waals surface area contributed by atoms with Crippen molar-refractivity contribution in [1.29, 1.82) is 0 Å². The number of hydrogen-bond donors (Lipinski definition) is 1. The number of aromatic nitrogens is 3. The Morgan fingerprint density at radius 2 is 2.04 bits per heavy atom. The monoisotopic (exact) mass is 342 g/mol. The van der Waals surface area contributed by atoms with Crippen molar-refractivity contribution < 1.29 is 14.7 Å². The second-order valence-electron chi connectivity index (χ2n) is 7.21. The molecule has 7 heteroatoms. The first-order chi connectivity index (χ1) is 12.0. The summed E-state index contributed by atoms with van der Waals surface area (Å²) in [7, 11) is 0. The number of carbonyl (C=O) groups excluding carboxylic acids is 1. The molecule has 0 radical (unpaired) electrons. The van der Waals surface area contributed by atoms with Gasteiger partial charge in [-0.15, -0.1) is 0 Å². The maximum absolute atomic E-state index is 13.2. The summed E-state index contributed by atoms with van der Waals surface area (Å²) in [4.78, 5) is 31.0. The molecule has 1 N–H and O–H groups in total. The Hall–Kier alpha value is -2.44. The van der Waals surface area contributed by atoms with Gasteiger partial charge in [-0.1, -0.05) is 6.42 Å². The van der Waals surface area contributed by atoms with E-state index >= 15 is 0 Å². The van der Waals surface area contributed by atoms with E-state index in [2.05, 4.69) is 10.1 Å². The highest BCUT2D eigenvalue weighted by atomic mass is 16.4. The lowest BCUT2D eigenvalue weighted by molar-refractivity contribution is -0.146. The van der Waals surface area contributed by atoms with Crippen LogP contribution in [0.5, 0.6) is 0 Å². The Morgan fingerprint density at radius 3 is 2.80 bits per heavy atom. The summed E-state index contributed by atoms with van der Waals surface area (Å²) in [5.41, 5.74) is 2.92. The molecule has 1 saturated heterocycles. The van der Waals surface area contributed by atoms with Crippen molar-refractivity contribution in [3.63, 3.8) is 0 Å². The molecule has 3 heterocycles. The summed E-state index contributed by atoms with van der Waals surface area (Å²) in [6.07, 6.45) is 4.91. The zero-order valence-corrected chi connectivity index (χ0v) is 14.5. The number of likely N-dealkylation sites (tertiary alicyclic amines) is 1. The summed E-state index contributed by atoms with van der Waals surface area (Å²) >= 11 is 0. The van der Waals surface area contributed by atoms with Crippen molar-refractivity contribution in [2.45, 2.75) is 45.6 Å². The van der Waals surface area contributed by atoms with E-state index in [-0.39, 0.29) is 23.8 Å². The van der Waals surface area contributed by atoms with E-state index in [0.717, 1.165) is 36.3 Å². The first-order valence-corrected chi connectivity index (χ1v) is 8.83. The van der Waals surface area contributed by atoms with Crippen LogP contribution in [0.4, 0.5) is 0 Å². The highest BCUT2D eigenvalue weighted by molar-refractivity contribution is 5.95. The van der Waals surface area contributed by atoms with Crippen molar-refractivity contribution in [3.8, 4) is 0 Å². The number of carbonyl (C=O) groups is 2. The van der Waals surface area contributed by atoms with E-state index in [1.165, 1.54) is 0 Å². The third kappa shape index (κ3) is 2.49. The molecule has 1 aliphatic heterocycles. The molecule has 25 heavy (non-hydrogen) atoms. The Kier molecular flexibility index (Phi) is 3.74. The Labute approximate surface area is 145 Å². The van der Waals surface area contributed by atoms with Gasteiger partial charge in [-0.25, -0.2) is 9.50 Å². The van der Waals surface area contributed by atoms with Gasteiger partial charge in [0.2, 0.25) is 0 Å². The zero-order valence-electron chi connectivity index (χ0n) is 14.5. The summed E-state index contributed by atoms with van der Waals surface area (Å²) in [6.45, 7) is 4.27. The van der Waals surface area contributed by atoms with Crippen LogP contribution in [-0.4, -0.2) is 49.1 Å². The lowest BCUT2D eigenvalue weighted by atomic mass is 9.81. The van der Waals surface area contributed by atoms with Crippen LogP contribution in [0.1, 0.15) is 47.4 Å². The number of aliphatic carboxylic acids is 1. The highest BCUT2D eigenvalue weighted by Gasteiger charge is 2.45. The number of hydrogen-bond acceptors (Lipinski definition) is 4. The van der Waals surface area contributed by atoms with Gasteiger partial charge in [0, 0.05) is 24.8 Å². The molecule has 3 unspecified atom stereocenters. The van der Waals surface area contributed by atoms with Crippen LogP contribution in [0.15, 0.2) is 12.3 Å². The molecule has 2 aromatic heterocycles. The molecule has 1 saturated carbocycles. The van der Waals surface area contributed by atoms with Gasteiger partial charge < -0.3 is 10.0 Å². The van der Waals surface area contributed by atoms with Crippen molar-refractivity contribution in [3.05, 3.63) is 29.2 Å². The molecular formula is C18H22N4O3. The van der Waals surface area contributed by atoms with E-state index in [9.17, 15) is 14.7 Å². The second kappa shape index (κ2) is 5.82. The van der Waals surface area contributed by atoms with Gasteiger partial charge in [-0.3, -0.25) is 9.59 Å². The molecule has 1 aliphatic carbocycles. The van der Waals surface area contributed by atoms with Gasteiger partial charge >= 0.3 is 5.97 Å². The van der Waals surface area contributed by atoms with Gasteiger partial charge in [-0.05, 0) is 39.0 Å². The lowest BCUT2D eigenvalue weighted by Gasteiger charge is -2.41. The van der Waals surface area contributed by atoms with Crippen LogP contribution in [0, 0.1) is 25.7 Å². The van der Waals surface area contributed by atoms with Crippen LogP contribution >= 0.6 is 0 Å². The predicted octanol–water partition coefficient (Wildman–Crippen LogP) is 2.06. The third-order valence-corrected chi connectivity index (χ3v) is 5.78. The fourth-order valence-corrected chi connectivity index (χ4v) is 4.57. The van der Waals surface area contributed by atoms with Crippen LogP contribution in [-0.2, 0) is 4.79 Å². The smallest absolute Gasteiger partial charge is 0.306 e. The number of amides is 1. The van der Waals surface area contributed by atoms with Crippen LogP contribution in [0.2, 0.25) is 0 Å². The summed E-state index contributed by atoms with van der Waals surface area (Å²) in [5.74, 6) is -1.04. The maximum atomic E-state index is 13.2. The number of carboxylic acids is 1. The zero-order chi connectivity index (χ0) is 17.7. The van der Waals surface area contributed by atoms with E-state index < -0.39 is 5.97 Å². The predicted molar refractivity (Wildman–Crippen MR) is 90.4 cm³/mol. The SMILES string of the molecule is Cc1cc2ncc(C(=O)N3CCC(C(=O)O)C4CCCC43)c(C)n2n1. The number of piperidine rings is 1. The second-order valence-corrected chi connectivity index (χ2v) is 7.21. The van der Waals surface area contributed by atoms with Crippen LogP contribution in [0.25, 0.3) is 5.65 Å². The fourth-order valence-electron chi connectivity index (χ4n) is 4.57. The largest absolute Gasteiger partial charge is 0.481 e. The minimum absolute atomic E-state index is 0.0248. The number of fused-ring (bicyclic) bond motifs is 2. The average molecular weight is 342 g/mol. The summed E-state index contributed by atoms with van der Waals surface area (Å²) in [5, 5.41) is 13.9. The molecule has 0 spiro atoms. The van der Waals surface area contributed by atoms with Crippen molar-refractivity contribution in [1.82, 2.24) is 19.5 Å². The van der Waals surface area contributed by atoms with Gasteiger partial charge in [-0.2, -0.15) is 5.10 Å². The summed E-state index contributed by atoms with van der Waals surface area (Å²) in [6, 6.07) is 1.91. The number of nitrogens with zero attached hydrogens (tertiary/aromatic N) is 4. The van der Waals surface area contributed by atoms with Gasteiger partial charge in [0.05, 0.1) is 22.9 Å². The van der Waals surface area contributed by atoms with E-state index in [1.54, 1.807) is 10.7 Å². The molecule has 2 aliphatic rings. The van der Waals surface area contributed by atoms with Crippen molar-refractivity contribution in [2.24, 2.45) is 11.8 Å². The molecule has 3 atom stereocenters. The van der Waals surface area contributed by atoms with Crippen LogP contribution in [0.3, 0.4) is 0 Å². The quantitative estimate of drug-likeness (QED) is 0.902. The number of aryl methyl sites for hydroxylation is 2. The van der Waals surface area contributed by atoms with Crippen LogP contribution < -0.4 is 0 Å². The molecule has 0 aromatic carbocycles. The Bertz CT molecular complexity index is 859. The van der Waals surface area contributed by atoms with Gasteiger partial charge in [0.15, 0.2) is 5.65 Å². The summed E-state index contributed by atoms with van der Waals surface area (Å²) < 4.78 is 1.71. The molecule has 2 fully saturated rings. The van der Waals surface area contributed by atoms with E-state index in [1.807, 2.05) is 24.8 Å². The topological polar surface area (TPSA) is 87.8 Å². The number of carboxylic acid groups (broad SMARTS) is 1. The lowest BCUT2D eigenvalue weighted by Crippen LogP contribution is -2.51. The molecule has 132 valence electrons. The Morgan fingerprint density at radius 1 is 1.24 bits per heavy atom. The molecule has 4 rings (SSSR count). The molecular weight excluding hydrogens is 320 g/mol. The standard InChI is InChI=1S/C18H22N4O3/c1-10-8-16-19-9-14(11(2)22(16)20-10)17(23)21-7-6-13(18(24)25)12-4-3-5-15(12)21/h8-9,12-13,15H,3-7H2,1-2H3,(H,24,25). The van der Waals surface area contributed by atoms with Crippen molar-refractivity contribution in [2.75, 3.05) is 6.54 Å². The van der Waals surface area contributed by atoms with E-state index in [0.29, 0.717) is 18.5 Å².